The zero-order valence-electron chi connectivity index (χ0n) is 10.6. The van der Waals surface area contributed by atoms with Gasteiger partial charge in [0, 0.05) is 18.2 Å². The zero-order chi connectivity index (χ0) is 14.9. The van der Waals surface area contributed by atoms with Crippen LogP contribution in [-0.4, -0.2) is 49.5 Å². The van der Waals surface area contributed by atoms with Crippen molar-refractivity contribution in [3.8, 4) is 0 Å². The summed E-state index contributed by atoms with van der Waals surface area (Å²) in [6, 6.07) is 1.14. The molecule has 4 atom stereocenters. The smallest absolute Gasteiger partial charge is 0.330 e. The number of rotatable bonds is 3. The second-order valence-corrected chi connectivity index (χ2v) is 4.69. The summed E-state index contributed by atoms with van der Waals surface area (Å²) in [6.45, 7) is 0.979. The Morgan fingerprint density at radius 3 is 2.85 bits per heavy atom. The Kier molecular flexibility index (Phi) is 3.75. The predicted molar refractivity (Wildman–Crippen MR) is 66.7 cm³/mol. The third-order valence-electron chi connectivity index (χ3n) is 3.44. The summed E-state index contributed by atoms with van der Waals surface area (Å²) in [7, 11) is 0. The average Bonchev–Trinajstić information content (AvgIpc) is 2.65. The fraction of sp³-hybridized carbons (Fsp3) is 0.545. The van der Waals surface area contributed by atoms with Gasteiger partial charge < -0.3 is 20.2 Å². The van der Waals surface area contributed by atoms with Crippen LogP contribution in [0.3, 0.4) is 0 Å². The molecule has 1 aliphatic heterocycles. The highest BCUT2D eigenvalue weighted by atomic mass is 16.6. The number of ether oxygens (including phenoxy) is 1. The van der Waals surface area contributed by atoms with E-state index in [1.54, 1.807) is 6.92 Å². The molecule has 1 aromatic rings. The van der Waals surface area contributed by atoms with Gasteiger partial charge in [0.25, 0.3) is 5.56 Å². The van der Waals surface area contributed by atoms with Gasteiger partial charge in [0.15, 0.2) is 5.60 Å². The number of aliphatic hydroxyl groups is 2. The van der Waals surface area contributed by atoms with Crippen LogP contribution < -0.4 is 11.2 Å². The van der Waals surface area contributed by atoms with Crippen LogP contribution in [0.5, 0.6) is 0 Å². The number of aromatic amines is 1. The van der Waals surface area contributed by atoms with Crippen LogP contribution >= 0.6 is 0 Å². The molecule has 2 heterocycles. The average molecular weight is 285 g/mol. The van der Waals surface area contributed by atoms with Gasteiger partial charge in [-0.15, -0.1) is 0 Å². The number of nitrogens with one attached hydrogen (secondary N) is 1. The quantitative estimate of drug-likeness (QED) is 0.295. The molecule has 0 amide bonds. The summed E-state index contributed by atoms with van der Waals surface area (Å²) in [5.74, 6) is -0.580. The van der Waals surface area contributed by atoms with Gasteiger partial charge in [0.1, 0.15) is 6.23 Å². The molecule has 0 aliphatic carbocycles. The summed E-state index contributed by atoms with van der Waals surface area (Å²) in [4.78, 5) is 24.8. The van der Waals surface area contributed by atoms with Gasteiger partial charge >= 0.3 is 5.69 Å². The number of hydrogen-bond donors (Lipinski definition) is 4. The first-order valence-corrected chi connectivity index (χ1v) is 5.92. The molecule has 4 N–H and O–H groups in total. The Balaban J connectivity index is 2.45. The van der Waals surface area contributed by atoms with E-state index in [0.717, 1.165) is 16.8 Å². The first-order valence-electron chi connectivity index (χ1n) is 5.92. The van der Waals surface area contributed by atoms with Crippen LogP contribution in [-0.2, 0) is 4.74 Å². The Labute approximate surface area is 112 Å². The second kappa shape index (κ2) is 5.19. The van der Waals surface area contributed by atoms with Gasteiger partial charge in [-0.1, -0.05) is 12.1 Å². The van der Waals surface area contributed by atoms with Crippen LogP contribution in [0, 0.1) is 5.92 Å². The standard InChI is InChI=1S/C11H15N3O6/c1-6-8(17)11(5-15,4-12-19)20-9(6)14-3-2-7(16)13-10(14)18/h2-4,6,8-9,15,17,19H,5H2,1H3,(H,13,16,18)/b12-4+. The fourth-order valence-corrected chi connectivity index (χ4v) is 2.32. The largest absolute Gasteiger partial charge is 0.411 e. The van der Waals surface area contributed by atoms with E-state index in [0.29, 0.717) is 0 Å². The van der Waals surface area contributed by atoms with E-state index in [9.17, 15) is 19.8 Å². The van der Waals surface area contributed by atoms with E-state index in [4.69, 9.17) is 9.94 Å². The van der Waals surface area contributed by atoms with Crippen molar-refractivity contribution in [2.75, 3.05) is 6.61 Å². The first-order chi connectivity index (χ1) is 9.45. The summed E-state index contributed by atoms with van der Waals surface area (Å²) in [5.41, 5.74) is -2.85. The van der Waals surface area contributed by atoms with Crippen molar-refractivity contribution in [2.24, 2.45) is 11.1 Å². The molecule has 0 spiro atoms. The monoisotopic (exact) mass is 285 g/mol. The lowest BCUT2D eigenvalue weighted by Crippen LogP contribution is -2.46. The summed E-state index contributed by atoms with van der Waals surface area (Å²) in [5, 5.41) is 30.9. The molecule has 9 nitrogen and oxygen atoms in total. The van der Waals surface area contributed by atoms with Gasteiger partial charge in [0.05, 0.1) is 18.9 Å². The molecule has 4 unspecified atom stereocenters. The molecule has 0 radical (unpaired) electrons. The maximum absolute atomic E-state index is 11.7. The van der Waals surface area contributed by atoms with E-state index in [1.165, 1.54) is 6.20 Å². The van der Waals surface area contributed by atoms with Crippen LogP contribution in [0.4, 0.5) is 0 Å². The van der Waals surface area contributed by atoms with Crippen LogP contribution in [0.15, 0.2) is 27.0 Å². The number of hydrogen-bond acceptors (Lipinski definition) is 7. The minimum absolute atomic E-state index is 0.553. The molecule has 110 valence electrons. The summed E-state index contributed by atoms with van der Waals surface area (Å²) < 4.78 is 6.60. The van der Waals surface area contributed by atoms with Gasteiger partial charge in [-0.05, 0) is 0 Å². The first kappa shape index (κ1) is 14.4. The molecular weight excluding hydrogens is 270 g/mol. The molecule has 1 fully saturated rings. The van der Waals surface area contributed by atoms with E-state index in [2.05, 4.69) is 10.1 Å². The van der Waals surface area contributed by atoms with E-state index in [1.807, 2.05) is 0 Å². The Hall–Kier alpha value is -1.97. The molecule has 0 aromatic carbocycles. The maximum atomic E-state index is 11.7. The molecule has 1 aliphatic rings. The number of H-pyrrole nitrogens is 1. The topological polar surface area (TPSA) is 137 Å². The van der Waals surface area contributed by atoms with Crippen molar-refractivity contribution in [3.63, 3.8) is 0 Å². The normalized spacial score (nSPS) is 33.9. The molecule has 20 heavy (non-hydrogen) atoms. The molecule has 1 saturated heterocycles. The highest BCUT2D eigenvalue weighted by molar-refractivity contribution is 5.70. The Bertz CT molecular complexity index is 623. The van der Waals surface area contributed by atoms with Crippen molar-refractivity contribution < 1.29 is 20.2 Å². The van der Waals surface area contributed by atoms with Crippen molar-refractivity contribution in [1.29, 1.82) is 0 Å². The molecule has 9 heteroatoms. The minimum Gasteiger partial charge on any atom is -0.411 e. The Morgan fingerprint density at radius 2 is 2.30 bits per heavy atom. The number of aromatic nitrogens is 2. The van der Waals surface area contributed by atoms with Crippen LogP contribution in [0.2, 0.25) is 0 Å². The van der Waals surface area contributed by atoms with Crippen LogP contribution in [0.1, 0.15) is 13.2 Å². The van der Waals surface area contributed by atoms with E-state index in [-0.39, 0.29) is 0 Å². The number of oxime groups is 1. The van der Waals surface area contributed by atoms with Crippen molar-refractivity contribution in [2.45, 2.75) is 24.9 Å². The van der Waals surface area contributed by atoms with Gasteiger partial charge in [-0.2, -0.15) is 0 Å². The third kappa shape index (κ3) is 2.15. The van der Waals surface area contributed by atoms with Gasteiger partial charge in [0.2, 0.25) is 0 Å². The Morgan fingerprint density at radius 1 is 1.60 bits per heavy atom. The second-order valence-electron chi connectivity index (χ2n) is 4.69. The third-order valence-corrected chi connectivity index (χ3v) is 3.44. The van der Waals surface area contributed by atoms with Gasteiger partial charge in [-0.25, -0.2) is 4.79 Å². The minimum atomic E-state index is -1.60. The lowest BCUT2D eigenvalue weighted by atomic mass is 9.92. The molecule has 0 bridgehead atoms. The van der Waals surface area contributed by atoms with Crippen molar-refractivity contribution >= 4 is 6.21 Å². The number of aliphatic hydroxyl groups excluding tert-OH is 2. The molecule has 2 rings (SSSR count). The maximum Gasteiger partial charge on any atom is 0.330 e. The van der Waals surface area contributed by atoms with Crippen molar-refractivity contribution in [1.82, 2.24) is 9.55 Å². The molecular formula is C11H15N3O6. The SMILES string of the molecule is CC1C(n2ccc(=O)[nH]c2=O)OC(/C=N/O)(CO)C1O. The van der Waals surface area contributed by atoms with Crippen molar-refractivity contribution in [3.05, 3.63) is 33.1 Å². The lowest BCUT2D eigenvalue weighted by molar-refractivity contribution is -0.0834. The summed E-state index contributed by atoms with van der Waals surface area (Å²) in [6.07, 6.45) is 0.00968. The number of nitrogens with zero attached hydrogens (tertiary/aromatic N) is 2. The molecule has 0 saturated carbocycles. The summed E-state index contributed by atoms with van der Waals surface area (Å²) >= 11 is 0. The van der Waals surface area contributed by atoms with Gasteiger partial charge in [-0.3, -0.25) is 14.3 Å². The fourth-order valence-electron chi connectivity index (χ4n) is 2.32. The molecule has 1 aromatic heterocycles. The van der Waals surface area contributed by atoms with Crippen LogP contribution in [0.25, 0.3) is 0 Å². The van der Waals surface area contributed by atoms with E-state index >= 15 is 0 Å². The highest BCUT2D eigenvalue weighted by Gasteiger charge is 2.52. The lowest BCUT2D eigenvalue weighted by Gasteiger charge is -2.24. The highest BCUT2D eigenvalue weighted by Crippen LogP contribution is 2.39. The predicted octanol–water partition coefficient (Wildman–Crippen LogP) is -1.75. The van der Waals surface area contributed by atoms with E-state index < -0.39 is 41.7 Å². The zero-order valence-corrected chi connectivity index (χ0v) is 10.6.